The molecule has 0 saturated heterocycles. The Morgan fingerprint density at radius 1 is 1.31 bits per heavy atom. The van der Waals surface area contributed by atoms with Crippen molar-refractivity contribution in [1.82, 2.24) is 0 Å². The summed E-state index contributed by atoms with van der Waals surface area (Å²) in [6, 6.07) is 0. The molecule has 0 bridgehead atoms. The van der Waals surface area contributed by atoms with Crippen LogP contribution in [0.15, 0.2) is 35.5 Å². The first-order valence-electron chi connectivity index (χ1n) is 4.94. The van der Waals surface area contributed by atoms with E-state index < -0.39 is 0 Å². The van der Waals surface area contributed by atoms with E-state index in [1.54, 1.807) is 0 Å². The molecule has 0 N–H and O–H groups in total. The first kappa shape index (κ1) is 12.2. The van der Waals surface area contributed by atoms with Crippen LogP contribution in [0.4, 0.5) is 0 Å². The molecule has 0 saturated carbocycles. The normalized spacial score (nSPS) is 16.5. The highest BCUT2D eigenvalue weighted by molar-refractivity contribution is 5.22. The lowest BCUT2D eigenvalue weighted by Crippen LogP contribution is -2.00. The zero-order valence-corrected chi connectivity index (χ0v) is 9.65. The molecule has 0 heterocycles. The maximum Gasteiger partial charge on any atom is -0.00244 e. The van der Waals surface area contributed by atoms with Gasteiger partial charge in [0.05, 0.1) is 0 Å². The molecule has 13 heavy (non-hydrogen) atoms. The van der Waals surface area contributed by atoms with E-state index in [1.807, 2.05) is 6.08 Å². The average Bonchev–Trinajstić information content (AvgIpc) is 2.14. The molecule has 0 aliphatic rings. The third kappa shape index (κ3) is 3.63. The van der Waals surface area contributed by atoms with Gasteiger partial charge in [-0.2, -0.15) is 0 Å². The van der Waals surface area contributed by atoms with Gasteiger partial charge in [-0.05, 0) is 40.0 Å². The summed E-state index contributed by atoms with van der Waals surface area (Å²) in [5, 5.41) is 0. The molecule has 0 rings (SSSR count). The Kier molecular flexibility index (Phi) is 5.45. The summed E-state index contributed by atoms with van der Waals surface area (Å²) in [7, 11) is 0. The van der Waals surface area contributed by atoms with Gasteiger partial charge in [0.2, 0.25) is 0 Å². The monoisotopic (exact) mass is 178 g/mol. The SMILES string of the molecule is C=CC/C(C)=C(\C)C(C)C(C)=CC. The van der Waals surface area contributed by atoms with Crippen molar-refractivity contribution >= 4 is 0 Å². The molecular weight excluding hydrogens is 156 g/mol. The van der Waals surface area contributed by atoms with Crippen molar-refractivity contribution in [2.45, 2.75) is 41.0 Å². The fraction of sp³-hybridized carbons (Fsp3) is 0.538. The van der Waals surface area contributed by atoms with E-state index in [0.29, 0.717) is 5.92 Å². The van der Waals surface area contributed by atoms with Gasteiger partial charge in [0, 0.05) is 0 Å². The standard InChI is InChI=1S/C13H22/c1-7-9-11(4)13(6)12(5)10(3)8-2/h7-8,12H,1,9H2,2-6H3/b10-8?,13-11+. The highest BCUT2D eigenvalue weighted by atomic mass is 14.1. The van der Waals surface area contributed by atoms with E-state index in [-0.39, 0.29) is 0 Å². The van der Waals surface area contributed by atoms with Crippen LogP contribution in [0.1, 0.15) is 41.0 Å². The Labute approximate surface area is 83.0 Å². The lowest BCUT2D eigenvalue weighted by atomic mass is 9.90. The fourth-order valence-electron chi connectivity index (χ4n) is 1.34. The average molecular weight is 178 g/mol. The van der Waals surface area contributed by atoms with Crippen LogP contribution in [0.3, 0.4) is 0 Å². The second-order valence-electron chi connectivity index (χ2n) is 3.71. The molecule has 0 amide bonds. The van der Waals surface area contributed by atoms with E-state index in [2.05, 4.69) is 47.3 Å². The third-order valence-electron chi connectivity index (χ3n) is 2.91. The summed E-state index contributed by atoms with van der Waals surface area (Å²) in [6.07, 6.45) is 5.17. The minimum absolute atomic E-state index is 0.574. The largest absolute Gasteiger partial charge is 0.103 e. The number of allylic oxidation sites excluding steroid dienone is 5. The van der Waals surface area contributed by atoms with Gasteiger partial charge < -0.3 is 0 Å². The van der Waals surface area contributed by atoms with E-state index in [4.69, 9.17) is 0 Å². The molecule has 0 aliphatic heterocycles. The fourth-order valence-corrected chi connectivity index (χ4v) is 1.34. The van der Waals surface area contributed by atoms with E-state index in [0.717, 1.165) is 6.42 Å². The Bertz CT molecular complexity index is 228. The highest BCUT2D eigenvalue weighted by Crippen LogP contribution is 2.23. The Hall–Kier alpha value is -0.780. The first-order valence-corrected chi connectivity index (χ1v) is 4.94. The number of hydrogen-bond acceptors (Lipinski definition) is 0. The number of hydrogen-bond donors (Lipinski definition) is 0. The van der Waals surface area contributed by atoms with Gasteiger partial charge in [-0.3, -0.25) is 0 Å². The van der Waals surface area contributed by atoms with E-state index in [9.17, 15) is 0 Å². The Balaban J connectivity index is 4.65. The molecule has 1 unspecified atom stereocenters. The van der Waals surface area contributed by atoms with Crippen LogP contribution in [0.2, 0.25) is 0 Å². The van der Waals surface area contributed by atoms with Crippen LogP contribution in [-0.2, 0) is 0 Å². The summed E-state index contributed by atoms with van der Waals surface area (Å²) < 4.78 is 0. The zero-order chi connectivity index (χ0) is 10.4. The van der Waals surface area contributed by atoms with Crippen LogP contribution < -0.4 is 0 Å². The minimum atomic E-state index is 0.574. The molecule has 0 fully saturated rings. The molecule has 0 spiro atoms. The molecule has 0 aromatic rings. The van der Waals surface area contributed by atoms with Gasteiger partial charge in [0.15, 0.2) is 0 Å². The van der Waals surface area contributed by atoms with Crippen molar-refractivity contribution < 1.29 is 0 Å². The maximum absolute atomic E-state index is 3.76. The summed E-state index contributed by atoms with van der Waals surface area (Å²) in [4.78, 5) is 0. The van der Waals surface area contributed by atoms with Gasteiger partial charge in [-0.15, -0.1) is 6.58 Å². The Morgan fingerprint density at radius 3 is 2.23 bits per heavy atom. The minimum Gasteiger partial charge on any atom is -0.103 e. The predicted octanol–water partition coefficient (Wildman–Crippen LogP) is 4.50. The van der Waals surface area contributed by atoms with Crippen LogP contribution in [0, 0.1) is 5.92 Å². The first-order chi connectivity index (χ1) is 6.04. The highest BCUT2D eigenvalue weighted by Gasteiger charge is 2.07. The molecule has 0 aromatic carbocycles. The lowest BCUT2D eigenvalue weighted by molar-refractivity contribution is 0.779. The van der Waals surface area contributed by atoms with E-state index >= 15 is 0 Å². The van der Waals surface area contributed by atoms with Crippen LogP contribution in [-0.4, -0.2) is 0 Å². The van der Waals surface area contributed by atoms with Gasteiger partial charge in [0.25, 0.3) is 0 Å². The third-order valence-corrected chi connectivity index (χ3v) is 2.91. The van der Waals surface area contributed by atoms with Crippen LogP contribution in [0.5, 0.6) is 0 Å². The number of rotatable bonds is 4. The molecule has 1 atom stereocenters. The van der Waals surface area contributed by atoms with Crippen molar-refractivity contribution in [2.75, 3.05) is 0 Å². The van der Waals surface area contributed by atoms with Crippen molar-refractivity contribution in [1.29, 1.82) is 0 Å². The summed E-state index contributed by atoms with van der Waals surface area (Å²) >= 11 is 0. The molecule has 0 heteroatoms. The zero-order valence-electron chi connectivity index (χ0n) is 9.65. The van der Waals surface area contributed by atoms with Crippen molar-refractivity contribution in [2.24, 2.45) is 5.92 Å². The topological polar surface area (TPSA) is 0 Å². The van der Waals surface area contributed by atoms with Crippen LogP contribution in [0.25, 0.3) is 0 Å². The Morgan fingerprint density at radius 2 is 1.85 bits per heavy atom. The van der Waals surface area contributed by atoms with Gasteiger partial charge in [-0.25, -0.2) is 0 Å². The molecule has 0 nitrogen and oxygen atoms in total. The van der Waals surface area contributed by atoms with E-state index in [1.165, 1.54) is 16.7 Å². The van der Waals surface area contributed by atoms with Gasteiger partial charge in [0.1, 0.15) is 0 Å². The second-order valence-corrected chi connectivity index (χ2v) is 3.71. The second kappa shape index (κ2) is 5.80. The quantitative estimate of drug-likeness (QED) is 0.556. The molecular formula is C13H22. The van der Waals surface area contributed by atoms with Gasteiger partial charge in [-0.1, -0.05) is 35.8 Å². The summed E-state index contributed by atoms with van der Waals surface area (Å²) in [5.74, 6) is 0.574. The molecule has 0 aliphatic carbocycles. The molecule has 0 aromatic heterocycles. The van der Waals surface area contributed by atoms with Crippen molar-refractivity contribution in [3.8, 4) is 0 Å². The summed E-state index contributed by atoms with van der Waals surface area (Å²) in [6.45, 7) is 14.7. The molecule has 74 valence electrons. The smallest absolute Gasteiger partial charge is 0.00244 e. The van der Waals surface area contributed by atoms with Gasteiger partial charge >= 0.3 is 0 Å². The lowest BCUT2D eigenvalue weighted by Gasteiger charge is -2.15. The molecule has 0 radical (unpaired) electrons. The maximum atomic E-state index is 3.76. The van der Waals surface area contributed by atoms with Crippen molar-refractivity contribution in [3.63, 3.8) is 0 Å². The summed E-state index contributed by atoms with van der Waals surface area (Å²) in [5.41, 5.74) is 4.38. The predicted molar refractivity (Wildman–Crippen MR) is 61.8 cm³/mol. The van der Waals surface area contributed by atoms with Crippen LogP contribution >= 0.6 is 0 Å². The van der Waals surface area contributed by atoms with Crippen molar-refractivity contribution in [3.05, 3.63) is 35.5 Å².